The van der Waals surface area contributed by atoms with Crippen molar-refractivity contribution in [2.75, 3.05) is 5.32 Å². The average molecular weight is 443 g/mol. The highest BCUT2D eigenvalue weighted by atomic mass is 32.1. The number of thiophene rings is 1. The van der Waals surface area contributed by atoms with Gasteiger partial charge in [0.25, 0.3) is 5.91 Å². The van der Waals surface area contributed by atoms with Crippen LogP contribution < -0.4 is 10.6 Å². The van der Waals surface area contributed by atoms with Gasteiger partial charge < -0.3 is 20.2 Å². The van der Waals surface area contributed by atoms with Crippen LogP contribution in [-0.4, -0.2) is 22.9 Å². The highest BCUT2D eigenvalue weighted by Crippen LogP contribution is 2.41. The number of anilines is 1. The molecule has 0 aliphatic heterocycles. The number of aryl methyl sites for hydroxylation is 1. The van der Waals surface area contributed by atoms with E-state index in [-0.39, 0.29) is 18.4 Å². The van der Waals surface area contributed by atoms with Gasteiger partial charge in [-0.25, -0.2) is 0 Å². The van der Waals surface area contributed by atoms with Crippen LogP contribution in [0, 0.1) is 11.8 Å². The van der Waals surface area contributed by atoms with Gasteiger partial charge >= 0.3 is 5.97 Å². The molecule has 0 spiro atoms. The SMILES string of the molecule is CC1=C(C)CC(C(=O)Nc2sc3c(c2C(=O)NCc2ccco2)CCC3)C(C(=O)O)C1. The van der Waals surface area contributed by atoms with Gasteiger partial charge in [0.15, 0.2) is 0 Å². The molecule has 4 rings (SSSR count). The summed E-state index contributed by atoms with van der Waals surface area (Å²) in [7, 11) is 0. The van der Waals surface area contributed by atoms with Gasteiger partial charge in [-0.1, -0.05) is 11.1 Å². The van der Waals surface area contributed by atoms with Gasteiger partial charge in [0, 0.05) is 4.88 Å². The number of carbonyl (C=O) groups is 3. The molecule has 3 N–H and O–H groups in total. The summed E-state index contributed by atoms with van der Waals surface area (Å²) in [5.41, 5.74) is 3.58. The number of nitrogens with one attached hydrogen (secondary N) is 2. The topological polar surface area (TPSA) is 109 Å². The van der Waals surface area contributed by atoms with Gasteiger partial charge in [0.2, 0.25) is 5.91 Å². The highest BCUT2D eigenvalue weighted by molar-refractivity contribution is 7.17. The van der Waals surface area contributed by atoms with Crippen LogP contribution >= 0.6 is 11.3 Å². The zero-order valence-electron chi connectivity index (χ0n) is 17.6. The van der Waals surface area contributed by atoms with Crippen molar-refractivity contribution >= 4 is 34.1 Å². The van der Waals surface area contributed by atoms with Crippen LogP contribution in [0.1, 0.15) is 59.7 Å². The lowest BCUT2D eigenvalue weighted by atomic mass is 9.76. The number of hydrogen-bond donors (Lipinski definition) is 3. The first kappa shape index (κ1) is 21.4. The van der Waals surface area contributed by atoms with Gasteiger partial charge in [-0.05, 0) is 63.6 Å². The Hall–Kier alpha value is -2.87. The molecule has 31 heavy (non-hydrogen) atoms. The molecule has 0 aromatic carbocycles. The second-order valence-corrected chi connectivity index (χ2v) is 9.44. The van der Waals surface area contributed by atoms with E-state index in [1.54, 1.807) is 18.4 Å². The monoisotopic (exact) mass is 442 g/mol. The molecule has 2 aromatic heterocycles. The first-order valence-corrected chi connectivity index (χ1v) is 11.3. The normalized spacial score (nSPS) is 20.5. The Bertz CT molecular complexity index is 1050. The minimum atomic E-state index is -0.961. The van der Waals surface area contributed by atoms with E-state index in [0.717, 1.165) is 40.8 Å². The number of furan rings is 1. The van der Waals surface area contributed by atoms with Crippen molar-refractivity contribution in [3.63, 3.8) is 0 Å². The number of hydrogen-bond acceptors (Lipinski definition) is 5. The second kappa shape index (κ2) is 8.70. The lowest BCUT2D eigenvalue weighted by Gasteiger charge is -2.29. The quantitative estimate of drug-likeness (QED) is 0.583. The molecule has 0 saturated carbocycles. The van der Waals surface area contributed by atoms with E-state index < -0.39 is 17.8 Å². The molecule has 2 unspecified atom stereocenters. The van der Waals surface area contributed by atoms with Gasteiger partial charge in [-0.15, -0.1) is 11.3 Å². The number of fused-ring (bicyclic) bond motifs is 1. The molecule has 2 heterocycles. The minimum Gasteiger partial charge on any atom is -0.481 e. The maximum absolute atomic E-state index is 13.1. The first-order valence-electron chi connectivity index (χ1n) is 10.5. The third kappa shape index (κ3) is 4.30. The van der Waals surface area contributed by atoms with Crippen LogP contribution in [0.4, 0.5) is 5.00 Å². The fourth-order valence-corrected chi connectivity index (χ4v) is 5.72. The van der Waals surface area contributed by atoms with Crippen molar-refractivity contribution in [2.45, 2.75) is 52.5 Å². The summed E-state index contributed by atoms with van der Waals surface area (Å²) >= 11 is 1.43. The summed E-state index contributed by atoms with van der Waals surface area (Å²) in [6.07, 6.45) is 5.01. The predicted octanol–water partition coefficient (Wildman–Crippen LogP) is 4.15. The summed E-state index contributed by atoms with van der Waals surface area (Å²) in [6, 6.07) is 3.55. The van der Waals surface area contributed by atoms with Crippen LogP contribution in [0.3, 0.4) is 0 Å². The molecule has 0 fully saturated rings. The highest BCUT2D eigenvalue weighted by Gasteiger charge is 2.38. The molecule has 2 atom stereocenters. The maximum Gasteiger partial charge on any atom is 0.307 e. The standard InChI is InChI=1S/C23H26N2O5S/c1-12-9-16(17(23(28)29)10-13(12)2)20(26)25-22-19(15-6-3-7-18(15)31-22)21(27)24-11-14-5-4-8-30-14/h4-5,8,16-17H,3,6-7,9-11H2,1-2H3,(H,24,27)(H,25,26)(H,28,29). The number of amides is 2. The number of carboxylic acids is 1. The Balaban J connectivity index is 1.56. The molecule has 0 saturated heterocycles. The second-order valence-electron chi connectivity index (χ2n) is 8.33. The Morgan fingerprint density at radius 2 is 1.90 bits per heavy atom. The van der Waals surface area contributed by atoms with E-state index in [1.807, 2.05) is 13.8 Å². The molecular weight excluding hydrogens is 416 g/mol. The van der Waals surface area contributed by atoms with E-state index >= 15 is 0 Å². The zero-order chi connectivity index (χ0) is 22.1. The van der Waals surface area contributed by atoms with Crippen LogP contribution in [0.15, 0.2) is 34.0 Å². The van der Waals surface area contributed by atoms with Crippen molar-refractivity contribution in [1.29, 1.82) is 0 Å². The zero-order valence-corrected chi connectivity index (χ0v) is 18.4. The Kier molecular flexibility index (Phi) is 6.00. The van der Waals surface area contributed by atoms with Gasteiger partial charge in [-0.3, -0.25) is 14.4 Å². The first-order chi connectivity index (χ1) is 14.8. The van der Waals surface area contributed by atoms with Crippen LogP contribution in [0.25, 0.3) is 0 Å². The summed E-state index contributed by atoms with van der Waals surface area (Å²) in [6.45, 7) is 4.13. The summed E-state index contributed by atoms with van der Waals surface area (Å²) in [5, 5.41) is 16.0. The Labute approximate surface area is 184 Å². The van der Waals surface area contributed by atoms with Crippen molar-refractivity contribution in [2.24, 2.45) is 11.8 Å². The lowest BCUT2D eigenvalue weighted by molar-refractivity contribution is -0.146. The molecule has 2 aliphatic rings. The molecule has 0 bridgehead atoms. The third-order valence-corrected chi connectivity index (χ3v) is 7.52. The molecule has 8 heteroatoms. The molecule has 0 radical (unpaired) electrons. The van der Waals surface area contributed by atoms with E-state index in [2.05, 4.69) is 10.6 Å². The summed E-state index contributed by atoms with van der Waals surface area (Å²) in [5.74, 6) is -2.31. The Morgan fingerprint density at radius 3 is 2.58 bits per heavy atom. The molecule has 2 aromatic rings. The maximum atomic E-state index is 13.1. The molecule has 164 valence electrons. The molecule has 2 amide bonds. The third-order valence-electron chi connectivity index (χ3n) is 6.31. The van der Waals surface area contributed by atoms with E-state index in [0.29, 0.717) is 29.2 Å². The smallest absolute Gasteiger partial charge is 0.307 e. The summed E-state index contributed by atoms with van der Waals surface area (Å²) < 4.78 is 5.28. The van der Waals surface area contributed by atoms with Crippen LogP contribution in [0.2, 0.25) is 0 Å². The fraction of sp³-hybridized carbons (Fsp3) is 0.435. The largest absolute Gasteiger partial charge is 0.481 e. The average Bonchev–Trinajstić information content (AvgIpc) is 3.45. The molecule has 2 aliphatic carbocycles. The number of rotatable bonds is 6. The van der Waals surface area contributed by atoms with Crippen molar-refractivity contribution in [3.8, 4) is 0 Å². The Morgan fingerprint density at radius 1 is 1.16 bits per heavy atom. The number of aliphatic carboxylic acids is 1. The molecule has 7 nitrogen and oxygen atoms in total. The fourth-order valence-electron chi connectivity index (χ4n) is 4.43. The predicted molar refractivity (Wildman–Crippen MR) is 117 cm³/mol. The van der Waals surface area contributed by atoms with Gasteiger partial charge in [0.1, 0.15) is 10.8 Å². The van der Waals surface area contributed by atoms with Gasteiger partial charge in [-0.2, -0.15) is 0 Å². The van der Waals surface area contributed by atoms with Crippen LogP contribution in [0.5, 0.6) is 0 Å². The minimum absolute atomic E-state index is 0.253. The van der Waals surface area contributed by atoms with Crippen molar-refractivity contribution in [1.82, 2.24) is 5.32 Å². The van der Waals surface area contributed by atoms with Crippen molar-refractivity contribution in [3.05, 3.63) is 51.3 Å². The number of carboxylic acid groups (broad SMARTS) is 1. The van der Waals surface area contributed by atoms with E-state index in [1.165, 1.54) is 11.3 Å². The molecular formula is C23H26N2O5S. The van der Waals surface area contributed by atoms with Crippen molar-refractivity contribution < 1.29 is 23.9 Å². The van der Waals surface area contributed by atoms with Crippen LogP contribution in [-0.2, 0) is 29.0 Å². The number of allylic oxidation sites excluding steroid dienone is 2. The lowest BCUT2D eigenvalue weighted by Crippen LogP contribution is -2.36. The van der Waals surface area contributed by atoms with E-state index in [4.69, 9.17) is 4.42 Å². The van der Waals surface area contributed by atoms with E-state index in [9.17, 15) is 19.5 Å². The summed E-state index contributed by atoms with van der Waals surface area (Å²) in [4.78, 5) is 39.1. The van der Waals surface area contributed by atoms with Gasteiger partial charge in [0.05, 0.1) is 30.2 Å². The number of carbonyl (C=O) groups excluding carboxylic acids is 2.